The van der Waals surface area contributed by atoms with Crippen LogP contribution in [0.4, 0.5) is 5.69 Å². The molecule has 4 aromatic carbocycles. The van der Waals surface area contributed by atoms with Crippen molar-refractivity contribution in [1.82, 2.24) is 0 Å². The highest BCUT2D eigenvalue weighted by atomic mass is 79.9. The van der Waals surface area contributed by atoms with Crippen molar-refractivity contribution < 1.29 is 14.3 Å². The number of Topliss-reactive ketones (excluding diaryl/α,β-unsaturated/α-hetero) is 1. The number of hydrogen-bond donors (Lipinski definition) is 1. The van der Waals surface area contributed by atoms with Crippen molar-refractivity contribution in [3.8, 4) is 11.5 Å². The zero-order valence-corrected chi connectivity index (χ0v) is 24.1. The molecular weight excluding hydrogens is 550 g/mol. The Labute approximate surface area is 238 Å². The van der Waals surface area contributed by atoms with Gasteiger partial charge in [0.2, 0.25) is 0 Å². The summed E-state index contributed by atoms with van der Waals surface area (Å²) < 4.78 is 13.3. The molecule has 1 atom stereocenters. The normalized spacial score (nSPS) is 17.8. The minimum Gasteiger partial charge on any atom is -0.490 e. The molecule has 1 aliphatic carbocycles. The van der Waals surface area contributed by atoms with Gasteiger partial charge in [-0.15, -0.1) is 0 Å². The van der Waals surface area contributed by atoms with E-state index < -0.39 is 0 Å². The Balaban J connectivity index is 1.42. The van der Waals surface area contributed by atoms with Crippen LogP contribution in [0.2, 0.25) is 0 Å². The lowest BCUT2D eigenvalue weighted by molar-refractivity contribution is -0.118. The van der Waals surface area contributed by atoms with Crippen LogP contribution in [0.25, 0.3) is 16.3 Å². The SMILES string of the molecule is CCOc1cc([C@@H]2Nc3ccc4ccccc4c3C3=C2C(=O)CC(C)(C)C3)ccc1OCc1ccc(Br)cc1. The molecular formula is C34H32BrNO3. The number of ketones is 1. The van der Waals surface area contributed by atoms with E-state index in [9.17, 15) is 4.79 Å². The number of anilines is 1. The van der Waals surface area contributed by atoms with Crippen LogP contribution in [0.5, 0.6) is 11.5 Å². The smallest absolute Gasteiger partial charge is 0.162 e. The number of benzene rings is 4. The number of halogens is 1. The molecule has 0 aromatic heterocycles. The largest absolute Gasteiger partial charge is 0.490 e. The van der Waals surface area contributed by atoms with E-state index in [2.05, 4.69) is 77.6 Å². The van der Waals surface area contributed by atoms with Crippen molar-refractivity contribution in [1.29, 1.82) is 0 Å². The van der Waals surface area contributed by atoms with Gasteiger partial charge in [-0.05, 0) is 76.6 Å². The van der Waals surface area contributed by atoms with Gasteiger partial charge < -0.3 is 14.8 Å². The molecule has 4 aromatic rings. The lowest BCUT2D eigenvalue weighted by atomic mass is 9.68. The van der Waals surface area contributed by atoms with Gasteiger partial charge in [0.05, 0.1) is 12.6 Å². The Hall–Kier alpha value is -3.57. The lowest BCUT2D eigenvalue weighted by Crippen LogP contribution is -2.33. The molecule has 1 N–H and O–H groups in total. The second-order valence-corrected chi connectivity index (χ2v) is 12.1. The minimum absolute atomic E-state index is 0.0901. The number of nitrogens with one attached hydrogen (secondary N) is 1. The molecule has 6 rings (SSSR count). The van der Waals surface area contributed by atoms with Crippen LogP contribution in [0.3, 0.4) is 0 Å². The molecule has 0 bridgehead atoms. The second kappa shape index (κ2) is 10.2. The fraction of sp³-hybridized carbons (Fsp3) is 0.265. The molecule has 0 unspecified atom stereocenters. The van der Waals surface area contributed by atoms with Gasteiger partial charge in [-0.1, -0.05) is 78.3 Å². The molecule has 0 saturated carbocycles. The van der Waals surface area contributed by atoms with Crippen LogP contribution in [-0.2, 0) is 11.4 Å². The Bertz CT molecular complexity index is 1600. The summed E-state index contributed by atoms with van der Waals surface area (Å²) in [5.41, 5.74) is 6.26. The van der Waals surface area contributed by atoms with Crippen LogP contribution in [0.15, 0.2) is 88.9 Å². The third-order valence-electron chi connectivity index (χ3n) is 7.65. The van der Waals surface area contributed by atoms with Crippen molar-refractivity contribution in [2.75, 3.05) is 11.9 Å². The fourth-order valence-corrected chi connectivity index (χ4v) is 6.19. The Morgan fingerprint density at radius 3 is 2.51 bits per heavy atom. The first kappa shape index (κ1) is 25.7. The first-order valence-corrected chi connectivity index (χ1v) is 14.3. The van der Waals surface area contributed by atoms with E-state index in [4.69, 9.17) is 9.47 Å². The van der Waals surface area contributed by atoms with Crippen molar-refractivity contribution in [3.05, 3.63) is 106 Å². The molecule has 39 heavy (non-hydrogen) atoms. The molecule has 0 amide bonds. The summed E-state index contributed by atoms with van der Waals surface area (Å²) in [6, 6.07) is 26.6. The molecule has 5 heteroatoms. The van der Waals surface area contributed by atoms with Crippen molar-refractivity contribution in [2.45, 2.75) is 46.3 Å². The minimum atomic E-state index is -0.253. The number of carbonyl (C=O) groups is 1. The summed E-state index contributed by atoms with van der Waals surface area (Å²) in [4.78, 5) is 13.8. The van der Waals surface area contributed by atoms with Gasteiger partial charge in [0.15, 0.2) is 17.3 Å². The highest BCUT2D eigenvalue weighted by Gasteiger charge is 2.41. The summed E-state index contributed by atoms with van der Waals surface area (Å²) in [6.07, 6.45) is 1.40. The first-order valence-electron chi connectivity index (χ1n) is 13.5. The maximum atomic E-state index is 13.8. The summed E-state index contributed by atoms with van der Waals surface area (Å²) >= 11 is 3.48. The Morgan fingerprint density at radius 2 is 1.72 bits per heavy atom. The van der Waals surface area contributed by atoms with Gasteiger partial charge >= 0.3 is 0 Å². The highest BCUT2D eigenvalue weighted by molar-refractivity contribution is 9.10. The zero-order chi connectivity index (χ0) is 27.1. The van der Waals surface area contributed by atoms with Crippen molar-refractivity contribution >= 4 is 43.7 Å². The Kier molecular flexibility index (Phi) is 6.72. The number of fused-ring (bicyclic) bond motifs is 4. The van der Waals surface area contributed by atoms with E-state index in [-0.39, 0.29) is 17.2 Å². The first-order chi connectivity index (χ1) is 18.8. The van der Waals surface area contributed by atoms with E-state index in [0.29, 0.717) is 31.1 Å². The average molecular weight is 583 g/mol. The lowest BCUT2D eigenvalue weighted by Gasteiger charge is -2.40. The molecule has 0 radical (unpaired) electrons. The second-order valence-electron chi connectivity index (χ2n) is 11.2. The Morgan fingerprint density at radius 1 is 0.923 bits per heavy atom. The average Bonchev–Trinajstić information content (AvgIpc) is 2.92. The van der Waals surface area contributed by atoms with E-state index in [1.165, 1.54) is 21.9 Å². The molecule has 0 fully saturated rings. The predicted molar refractivity (Wildman–Crippen MR) is 161 cm³/mol. The highest BCUT2D eigenvalue weighted by Crippen LogP contribution is 2.52. The van der Waals surface area contributed by atoms with Gasteiger partial charge in [0, 0.05) is 27.7 Å². The zero-order valence-electron chi connectivity index (χ0n) is 22.5. The van der Waals surface area contributed by atoms with Crippen LogP contribution >= 0.6 is 15.9 Å². The number of rotatable bonds is 6. The van der Waals surface area contributed by atoms with Gasteiger partial charge in [-0.3, -0.25) is 4.79 Å². The topological polar surface area (TPSA) is 47.6 Å². The summed E-state index contributed by atoms with van der Waals surface area (Å²) in [5, 5.41) is 6.11. The van der Waals surface area contributed by atoms with Crippen LogP contribution < -0.4 is 14.8 Å². The monoisotopic (exact) mass is 581 g/mol. The summed E-state index contributed by atoms with van der Waals surface area (Å²) in [5.74, 6) is 1.59. The molecule has 4 nitrogen and oxygen atoms in total. The van der Waals surface area contributed by atoms with Gasteiger partial charge in [-0.25, -0.2) is 0 Å². The molecule has 198 valence electrons. The van der Waals surface area contributed by atoms with E-state index in [1.54, 1.807) is 0 Å². The summed E-state index contributed by atoms with van der Waals surface area (Å²) in [7, 11) is 0. The molecule has 2 aliphatic rings. The predicted octanol–water partition coefficient (Wildman–Crippen LogP) is 8.89. The molecule has 0 saturated heterocycles. The fourth-order valence-electron chi connectivity index (χ4n) is 5.92. The summed E-state index contributed by atoms with van der Waals surface area (Å²) in [6.45, 7) is 7.32. The molecule has 0 spiro atoms. The molecule has 1 heterocycles. The number of allylic oxidation sites excluding steroid dienone is 1. The standard InChI is InChI=1S/C34H32BrNO3/c1-4-38-30-17-23(12-16-29(30)39-20-21-9-13-24(35)14-10-21)33-32-26(18-34(2,3)19-28(32)37)31-25-8-6-5-7-22(25)11-15-27(31)36-33/h5-17,33,36H,4,18-20H2,1-3H3/t33-/m0/s1. The quantitative estimate of drug-likeness (QED) is 0.247. The maximum Gasteiger partial charge on any atom is 0.162 e. The van der Waals surface area contributed by atoms with Crippen LogP contribution in [-0.4, -0.2) is 12.4 Å². The number of hydrogen-bond acceptors (Lipinski definition) is 4. The van der Waals surface area contributed by atoms with Crippen LogP contribution in [0.1, 0.15) is 56.3 Å². The van der Waals surface area contributed by atoms with E-state index >= 15 is 0 Å². The van der Waals surface area contributed by atoms with E-state index in [0.717, 1.165) is 33.3 Å². The third kappa shape index (κ3) is 4.96. The van der Waals surface area contributed by atoms with Gasteiger partial charge in [0.25, 0.3) is 0 Å². The van der Waals surface area contributed by atoms with Gasteiger partial charge in [0.1, 0.15) is 6.61 Å². The number of carbonyl (C=O) groups excluding carboxylic acids is 1. The van der Waals surface area contributed by atoms with E-state index in [1.807, 2.05) is 43.3 Å². The third-order valence-corrected chi connectivity index (χ3v) is 8.18. The molecule has 1 aliphatic heterocycles. The maximum absolute atomic E-state index is 13.8. The number of ether oxygens (including phenoxy) is 2. The van der Waals surface area contributed by atoms with Crippen LogP contribution in [0, 0.1) is 5.41 Å². The van der Waals surface area contributed by atoms with Gasteiger partial charge in [-0.2, -0.15) is 0 Å². The van der Waals surface area contributed by atoms with Crippen molar-refractivity contribution in [3.63, 3.8) is 0 Å². The van der Waals surface area contributed by atoms with Crippen molar-refractivity contribution in [2.24, 2.45) is 5.41 Å².